The molecule has 0 saturated carbocycles. The molecule has 0 fully saturated rings. The molecule has 0 unspecified atom stereocenters. The molecule has 0 aliphatic carbocycles. The molecule has 3 nitrogen and oxygen atoms in total. The van der Waals surface area contributed by atoms with Crippen LogP contribution in [0.25, 0.3) is 0 Å². The standard InChI is InChI=1S/C17H16Br2N2OS/c1-2-3-17-21-13(11-8-10(18)4-5-14(11)22-17)9-12(20-21)15-6-7-16(19)23-15/h4-8,13,17H,2-3,9H2,1H3/t13-,17-/m0/s1. The first-order valence-corrected chi connectivity index (χ1v) is 10.1. The smallest absolute Gasteiger partial charge is 0.187 e. The highest BCUT2D eigenvalue weighted by molar-refractivity contribution is 9.11. The van der Waals surface area contributed by atoms with Crippen molar-refractivity contribution in [2.45, 2.75) is 38.5 Å². The van der Waals surface area contributed by atoms with E-state index >= 15 is 0 Å². The van der Waals surface area contributed by atoms with E-state index in [1.807, 2.05) is 6.07 Å². The predicted octanol–water partition coefficient (Wildman–Crippen LogP) is 5.94. The van der Waals surface area contributed by atoms with E-state index in [1.165, 1.54) is 10.4 Å². The Labute approximate surface area is 156 Å². The summed E-state index contributed by atoms with van der Waals surface area (Å²) in [7, 11) is 0. The molecule has 120 valence electrons. The Morgan fingerprint density at radius 1 is 1.30 bits per heavy atom. The van der Waals surface area contributed by atoms with Crippen molar-refractivity contribution in [3.05, 3.63) is 49.0 Å². The average molecular weight is 456 g/mol. The number of ether oxygens (including phenoxy) is 1. The molecule has 0 amide bonds. The number of fused-ring (bicyclic) bond motifs is 3. The number of hydrogen-bond donors (Lipinski definition) is 0. The van der Waals surface area contributed by atoms with E-state index in [-0.39, 0.29) is 12.3 Å². The molecule has 6 heteroatoms. The van der Waals surface area contributed by atoms with Crippen LogP contribution in [0.15, 0.2) is 43.7 Å². The number of nitrogens with zero attached hydrogens (tertiary/aromatic N) is 2. The summed E-state index contributed by atoms with van der Waals surface area (Å²) in [5.74, 6) is 0.997. The maximum Gasteiger partial charge on any atom is 0.187 e. The molecule has 0 radical (unpaired) electrons. The molecule has 0 N–H and O–H groups in total. The molecule has 4 rings (SSSR count). The van der Waals surface area contributed by atoms with Crippen LogP contribution in [0.3, 0.4) is 0 Å². The summed E-state index contributed by atoms with van der Waals surface area (Å²) in [4.78, 5) is 1.23. The molecular weight excluding hydrogens is 440 g/mol. The van der Waals surface area contributed by atoms with Crippen molar-refractivity contribution in [3.63, 3.8) is 0 Å². The molecule has 2 aliphatic heterocycles. The van der Waals surface area contributed by atoms with Gasteiger partial charge < -0.3 is 4.74 Å². The van der Waals surface area contributed by atoms with Gasteiger partial charge in [-0.1, -0.05) is 29.3 Å². The summed E-state index contributed by atoms with van der Waals surface area (Å²) in [6, 6.07) is 10.8. The summed E-state index contributed by atoms with van der Waals surface area (Å²) >= 11 is 8.87. The van der Waals surface area contributed by atoms with Gasteiger partial charge in [-0.2, -0.15) is 5.10 Å². The highest BCUT2D eigenvalue weighted by atomic mass is 79.9. The fourth-order valence-electron chi connectivity index (χ4n) is 3.19. The number of hydrogen-bond acceptors (Lipinski definition) is 4. The largest absolute Gasteiger partial charge is 0.469 e. The third kappa shape index (κ3) is 2.85. The van der Waals surface area contributed by atoms with Gasteiger partial charge in [0.15, 0.2) is 6.23 Å². The van der Waals surface area contributed by atoms with Crippen molar-refractivity contribution in [1.29, 1.82) is 0 Å². The Hall–Kier alpha value is -0.850. The highest BCUT2D eigenvalue weighted by Crippen LogP contribution is 2.45. The van der Waals surface area contributed by atoms with Gasteiger partial charge in [-0.05, 0) is 46.3 Å². The summed E-state index contributed by atoms with van der Waals surface area (Å²) < 4.78 is 8.45. The van der Waals surface area contributed by atoms with Crippen molar-refractivity contribution in [3.8, 4) is 5.75 Å². The molecule has 0 saturated heterocycles. The van der Waals surface area contributed by atoms with Crippen LogP contribution in [0, 0.1) is 0 Å². The highest BCUT2D eigenvalue weighted by Gasteiger charge is 2.40. The van der Waals surface area contributed by atoms with Gasteiger partial charge in [0.05, 0.1) is 20.4 Å². The van der Waals surface area contributed by atoms with Gasteiger partial charge in [-0.25, -0.2) is 0 Å². The van der Waals surface area contributed by atoms with Crippen molar-refractivity contribution in [1.82, 2.24) is 5.01 Å². The Morgan fingerprint density at radius 3 is 2.91 bits per heavy atom. The maximum atomic E-state index is 6.22. The van der Waals surface area contributed by atoms with Crippen LogP contribution < -0.4 is 4.74 Å². The van der Waals surface area contributed by atoms with Crippen molar-refractivity contribution >= 4 is 48.9 Å². The number of hydrazone groups is 1. The second-order valence-corrected chi connectivity index (χ2v) is 9.17. The number of halogens is 2. The summed E-state index contributed by atoms with van der Waals surface area (Å²) in [6.45, 7) is 2.19. The van der Waals surface area contributed by atoms with Crippen molar-refractivity contribution < 1.29 is 4.74 Å². The lowest BCUT2D eigenvalue weighted by atomic mass is 9.98. The Bertz CT molecular complexity index is 774. The van der Waals surface area contributed by atoms with Crippen LogP contribution >= 0.6 is 43.2 Å². The first-order chi connectivity index (χ1) is 11.2. The lowest BCUT2D eigenvalue weighted by Gasteiger charge is -2.38. The predicted molar refractivity (Wildman–Crippen MR) is 101 cm³/mol. The molecule has 1 aromatic heterocycles. The summed E-state index contributed by atoms with van der Waals surface area (Å²) in [5.41, 5.74) is 2.38. The molecule has 2 aromatic rings. The molecule has 23 heavy (non-hydrogen) atoms. The number of thiophene rings is 1. The quantitative estimate of drug-likeness (QED) is 0.571. The minimum Gasteiger partial charge on any atom is -0.469 e. The first kappa shape index (κ1) is 15.7. The molecular formula is C17H16Br2N2OS. The van der Waals surface area contributed by atoms with Crippen LogP contribution in [0.5, 0.6) is 5.75 Å². The van der Waals surface area contributed by atoms with Crippen molar-refractivity contribution in [2.75, 3.05) is 0 Å². The van der Waals surface area contributed by atoms with E-state index in [9.17, 15) is 0 Å². The monoisotopic (exact) mass is 454 g/mol. The number of benzene rings is 1. The zero-order valence-electron chi connectivity index (χ0n) is 12.6. The average Bonchev–Trinajstić information content (AvgIpc) is 3.14. The van der Waals surface area contributed by atoms with Gasteiger partial charge in [0.25, 0.3) is 0 Å². The van der Waals surface area contributed by atoms with Gasteiger partial charge in [0, 0.05) is 22.9 Å². The number of rotatable bonds is 3. The maximum absolute atomic E-state index is 6.22. The Kier molecular flexibility index (Phi) is 4.24. The van der Waals surface area contributed by atoms with E-state index in [1.54, 1.807) is 11.3 Å². The first-order valence-electron chi connectivity index (χ1n) is 7.73. The SMILES string of the molecule is CCC[C@@H]1Oc2ccc(Br)cc2[C@@H]2CC(c3ccc(Br)s3)=NN12. The van der Waals surface area contributed by atoms with E-state index < -0.39 is 0 Å². The molecule has 1 aromatic carbocycles. The second-order valence-electron chi connectivity index (χ2n) is 5.79. The molecule has 2 atom stereocenters. The van der Waals surface area contributed by atoms with Crippen LogP contribution in [0.4, 0.5) is 0 Å². The fraction of sp³-hybridized carbons (Fsp3) is 0.353. The lowest BCUT2D eigenvalue weighted by Crippen LogP contribution is -2.40. The molecule has 2 aliphatic rings. The zero-order valence-corrected chi connectivity index (χ0v) is 16.6. The summed E-state index contributed by atoms with van der Waals surface area (Å²) in [6.07, 6.45) is 3.02. The van der Waals surface area contributed by atoms with E-state index in [0.29, 0.717) is 0 Å². The normalized spacial score (nSPS) is 22.4. The van der Waals surface area contributed by atoms with Crippen LogP contribution in [0.2, 0.25) is 0 Å². The summed E-state index contributed by atoms with van der Waals surface area (Å²) in [5, 5.41) is 7.09. The van der Waals surface area contributed by atoms with Crippen LogP contribution in [-0.4, -0.2) is 16.9 Å². The van der Waals surface area contributed by atoms with Crippen molar-refractivity contribution in [2.24, 2.45) is 5.10 Å². The van der Waals surface area contributed by atoms with Crippen LogP contribution in [-0.2, 0) is 0 Å². The van der Waals surface area contributed by atoms with Gasteiger partial charge >= 0.3 is 0 Å². The Balaban J connectivity index is 1.73. The van der Waals surface area contributed by atoms with E-state index in [0.717, 1.165) is 39.0 Å². The van der Waals surface area contributed by atoms with E-state index in [2.05, 4.69) is 68.1 Å². The van der Waals surface area contributed by atoms with Gasteiger partial charge in [0.2, 0.25) is 0 Å². The molecule has 3 heterocycles. The Morgan fingerprint density at radius 2 is 2.17 bits per heavy atom. The second kappa shape index (κ2) is 6.22. The third-order valence-corrected chi connectivity index (χ3v) is 6.39. The van der Waals surface area contributed by atoms with Gasteiger partial charge in [-0.3, -0.25) is 5.01 Å². The van der Waals surface area contributed by atoms with E-state index in [4.69, 9.17) is 9.84 Å². The van der Waals surface area contributed by atoms with Gasteiger partial charge in [0.1, 0.15) is 5.75 Å². The van der Waals surface area contributed by atoms with Gasteiger partial charge in [-0.15, -0.1) is 11.3 Å². The minimum atomic E-state index is 0.0274. The lowest BCUT2D eigenvalue weighted by molar-refractivity contribution is -0.0223. The molecule has 0 bridgehead atoms. The molecule has 0 spiro atoms. The third-order valence-electron chi connectivity index (χ3n) is 4.22. The zero-order chi connectivity index (χ0) is 16.0. The van der Waals surface area contributed by atoms with Crippen LogP contribution in [0.1, 0.15) is 42.7 Å². The topological polar surface area (TPSA) is 24.8 Å². The fourth-order valence-corrected chi connectivity index (χ4v) is 4.95. The minimum absolute atomic E-state index is 0.0274.